The van der Waals surface area contributed by atoms with E-state index in [2.05, 4.69) is 20.1 Å². The molecule has 0 saturated carbocycles. The first-order valence-electron chi connectivity index (χ1n) is 13.1. The largest absolute Gasteiger partial charge is 0.478 e. The number of nitrogens with one attached hydrogen (secondary N) is 2. The zero-order valence-electron chi connectivity index (χ0n) is 24.5. The van der Waals surface area contributed by atoms with Crippen LogP contribution in [0.1, 0.15) is 82.0 Å². The van der Waals surface area contributed by atoms with Crippen molar-refractivity contribution in [3.63, 3.8) is 0 Å². The molecule has 2 aromatic carbocycles. The monoisotopic (exact) mass is 586 g/mol. The number of carboxylic acid groups (broad SMARTS) is 2. The van der Waals surface area contributed by atoms with E-state index >= 15 is 0 Å². The summed E-state index contributed by atoms with van der Waals surface area (Å²) in [5, 5.41) is 23.2. The standard InChI is InChI=1S/2C15H19NO5/c2*1-9(2)8-12(15(20)21-3)16-13(17)10-6-4-5-7-11(10)14(18)19/h2*4-7,9,12H,8H2,1-3H3,(H,16,17)(H,18,19)/t2*12-/m00/s1. The van der Waals surface area contributed by atoms with E-state index in [-0.39, 0.29) is 34.1 Å². The molecule has 228 valence electrons. The number of hydrogen-bond donors (Lipinski definition) is 4. The van der Waals surface area contributed by atoms with Gasteiger partial charge in [0.1, 0.15) is 12.1 Å². The molecular formula is C30H38N2O10. The Bertz CT molecular complexity index is 1170. The third kappa shape index (κ3) is 11.0. The van der Waals surface area contributed by atoms with E-state index in [1.54, 1.807) is 12.1 Å². The quantitative estimate of drug-likeness (QED) is 0.269. The van der Waals surface area contributed by atoms with Crippen LogP contribution in [0.3, 0.4) is 0 Å². The van der Waals surface area contributed by atoms with Crippen molar-refractivity contribution < 1.29 is 48.5 Å². The molecular weight excluding hydrogens is 548 g/mol. The minimum Gasteiger partial charge on any atom is -0.478 e. The van der Waals surface area contributed by atoms with Crippen LogP contribution in [0.25, 0.3) is 0 Å². The third-order valence-electron chi connectivity index (χ3n) is 5.80. The number of rotatable bonds is 12. The highest BCUT2D eigenvalue weighted by Gasteiger charge is 2.26. The number of hydrogen-bond acceptors (Lipinski definition) is 8. The van der Waals surface area contributed by atoms with E-state index in [0.717, 1.165) is 0 Å². The maximum Gasteiger partial charge on any atom is 0.336 e. The molecule has 0 aliphatic rings. The van der Waals surface area contributed by atoms with Crippen molar-refractivity contribution in [1.82, 2.24) is 10.6 Å². The lowest BCUT2D eigenvalue weighted by atomic mass is 10.0. The van der Waals surface area contributed by atoms with Crippen molar-refractivity contribution in [2.75, 3.05) is 14.2 Å². The van der Waals surface area contributed by atoms with Crippen LogP contribution in [0, 0.1) is 11.8 Å². The lowest BCUT2D eigenvalue weighted by Crippen LogP contribution is -2.42. The van der Waals surface area contributed by atoms with Crippen LogP contribution in [-0.2, 0) is 19.1 Å². The van der Waals surface area contributed by atoms with Gasteiger partial charge in [0, 0.05) is 0 Å². The molecule has 0 heterocycles. The van der Waals surface area contributed by atoms with Crippen molar-refractivity contribution >= 4 is 35.7 Å². The van der Waals surface area contributed by atoms with Gasteiger partial charge in [-0.25, -0.2) is 19.2 Å². The summed E-state index contributed by atoms with van der Waals surface area (Å²) in [5.74, 6) is -4.37. The number of ether oxygens (including phenoxy) is 2. The Hall–Kier alpha value is -4.74. The molecule has 2 aromatic rings. The Balaban J connectivity index is 0.000000420. The molecule has 0 spiro atoms. The van der Waals surface area contributed by atoms with Gasteiger partial charge in [-0.05, 0) is 48.9 Å². The van der Waals surface area contributed by atoms with E-state index in [4.69, 9.17) is 10.2 Å². The first kappa shape index (κ1) is 35.3. The van der Waals surface area contributed by atoms with Gasteiger partial charge in [-0.3, -0.25) is 9.59 Å². The highest BCUT2D eigenvalue weighted by atomic mass is 16.5. The Kier molecular flexibility index (Phi) is 14.4. The molecule has 42 heavy (non-hydrogen) atoms. The molecule has 2 rings (SSSR count). The van der Waals surface area contributed by atoms with Crippen LogP contribution >= 0.6 is 0 Å². The van der Waals surface area contributed by atoms with E-state index in [1.165, 1.54) is 50.6 Å². The molecule has 4 N–H and O–H groups in total. The van der Waals surface area contributed by atoms with Gasteiger partial charge >= 0.3 is 23.9 Å². The zero-order chi connectivity index (χ0) is 32.0. The topological polar surface area (TPSA) is 185 Å². The number of aromatic carboxylic acids is 2. The number of carbonyl (C=O) groups excluding carboxylic acids is 4. The third-order valence-corrected chi connectivity index (χ3v) is 5.80. The van der Waals surface area contributed by atoms with E-state index < -0.39 is 47.8 Å². The van der Waals surface area contributed by atoms with Crippen molar-refractivity contribution in [2.45, 2.75) is 52.6 Å². The van der Waals surface area contributed by atoms with Gasteiger partial charge in [0.15, 0.2) is 0 Å². The summed E-state index contributed by atoms with van der Waals surface area (Å²) in [4.78, 5) is 70.0. The van der Waals surface area contributed by atoms with Crippen molar-refractivity contribution in [1.29, 1.82) is 0 Å². The molecule has 0 radical (unpaired) electrons. The molecule has 0 unspecified atom stereocenters. The number of benzene rings is 2. The van der Waals surface area contributed by atoms with Crippen LogP contribution < -0.4 is 10.6 Å². The lowest BCUT2D eigenvalue weighted by molar-refractivity contribution is -0.144. The fourth-order valence-corrected chi connectivity index (χ4v) is 3.86. The van der Waals surface area contributed by atoms with Gasteiger partial charge in [-0.2, -0.15) is 0 Å². The van der Waals surface area contributed by atoms with Crippen molar-refractivity contribution in [3.8, 4) is 0 Å². The van der Waals surface area contributed by atoms with Crippen LogP contribution in [0.15, 0.2) is 48.5 Å². The van der Waals surface area contributed by atoms with Crippen molar-refractivity contribution in [3.05, 3.63) is 70.8 Å². The van der Waals surface area contributed by atoms with E-state index in [0.29, 0.717) is 12.8 Å². The number of esters is 2. The fourth-order valence-electron chi connectivity index (χ4n) is 3.86. The molecule has 2 atom stereocenters. The van der Waals surface area contributed by atoms with Gasteiger partial charge in [0.05, 0.1) is 36.5 Å². The molecule has 12 heteroatoms. The molecule has 12 nitrogen and oxygen atoms in total. The normalized spacial score (nSPS) is 11.8. The zero-order valence-corrected chi connectivity index (χ0v) is 24.5. The summed E-state index contributed by atoms with van der Waals surface area (Å²) in [6.07, 6.45) is 0.821. The van der Waals surface area contributed by atoms with E-state index in [1.807, 2.05) is 27.7 Å². The second-order valence-electron chi connectivity index (χ2n) is 10.1. The maximum absolute atomic E-state index is 12.2. The molecule has 2 amide bonds. The summed E-state index contributed by atoms with van der Waals surface area (Å²) < 4.78 is 9.32. The average molecular weight is 587 g/mol. The Labute approximate surface area is 244 Å². The van der Waals surface area contributed by atoms with Gasteiger partial charge < -0.3 is 30.3 Å². The molecule has 0 aliphatic heterocycles. The molecule has 0 aliphatic carbocycles. The smallest absolute Gasteiger partial charge is 0.336 e. The second kappa shape index (κ2) is 17.2. The minimum absolute atomic E-state index is 0.0164. The van der Waals surface area contributed by atoms with Crippen LogP contribution in [0.2, 0.25) is 0 Å². The molecule has 0 saturated heterocycles. The van der Waals surface area contributed by atoms with Crippen LogP contribution in [0.4, 0.5) is 0 Å². The van der Waals surface area contributed by atoms with Crippen LogP contribution in [0.5, 0.6) is 0 Å². The Morgan fingerprint density at radius 1 is 0.595 bits per heavy atom. The number of methoxy groups -OCH3 is 2. The second-order valence-corrected chi connectivity index (χ2v) is 10.1. The number of amides is 2. The van der Waals surface area contributed by atoms with Crippen molar-refractivity contribution in [2.24, 2.45) is 11.8 Å². The summed E-state index contributed by atoms with van der Waals surface area (Å²) in [6, 6.07) is 10.1. The predicted molar refractivity (Wildman–Crippen MR) is 152 cm³/mol. The number of carboxylic acids is 2. The molecule has 0 bridgehead atoms. The van der Waals surface area contributed by atoms with Gasteiger partial charge in [0.25, 0.3) is 11.8 Å². The minimum atomic E-state index is -1.20. The SMILES string of the molecule is COC(=O)[C@H](CC(C)C)NC(=O)c1ccccc1C(=O)O.COC(=O)[C@H](CC(C)C)NC(=O)c1ccccc1C(=O)O. The first-order valence-corrected chi connectivity index (χ1v) is 13.1. The Morgan fingerprint density at radius 2 is 0.881 bits per heavy atom. The average Bonchev–Trinajstić information content (AvgIpc) is 2.95. The van der Waals surface area contributed by atoms with Gasteiger partial charge in [-0.15, -0.1) is 0 Å². The van der Waals surface area contributed by atoms with Crippen LogP contribution in [-0.4, -0.2) is 72.2 Å². The summed E-state index contributed by atoms with van der Waals surface area (Å²) in [7, 11) is 2.49. The number of carbonyl (C=O) groups is 6. The first-order chi connectivity index (χ1) is 19.7. The summed E-state index contributed by atoms with van der Waals surface area (Å²) in [5.41, 5.74) is -0.184. The van der Waals surface area contributed by atoms with Gasteiger partial charge in [-0.1, -0.05) is 52.0 Å². The predicted octanol–water partition coefficient (Wildman–Crippen LogP) is 3.40. The fraction of sp³-hybridized carbons (Fsp3) is 0.400. The Morgan fingerprint density at radius 3 is 1.12 bits per heavy atom. The maximum atomic E-state index is 12.2. The molecule has 0 fully saturated rings. The lowest BCUT2D eigenvalue weighted by Gasteiger charge is -2.18. The summed E-state index contributed by atoms with van der Waals surface area (Å²) >= 11 is 0. The highest BCUT2D eigenvalue weighted by Crippen LogP contribution is 2.13. The molecule has 0 aromatic heterocycles. The highest BCUT2D eigenvalue weighted by molar-refractivity contribution is 6.06. The van der Waals surface area contributed by atoms with Gasteiger partial charge in [0.2, 0.25) is 0 Å². The summed E-state index contributed by atoms with van der Waals surface area (Å²) in [6.45, 7) is 7.64. The van der Waals surface area contributed by atoms with E-state index in [9.17, 15) is 28.8 Å².